The molecule has 126 valence electrons. The minimum atomic E-state index is -0.427. The van der Waals surface area contributed by atoms with Crippen LogP contribution >= 0.6 is 11.3 Å². The smallest absolute Gasteiger partial charge is 0.265 e. The number of amides is 2. The third-order valence-corrected chi connectivity index (χ3v) is 5.81. The molecule has 5 nitrogen and oxygen atoms in total. The predicted molar refractivity (Wildman–Crippen MR) is 86.3 cm³/mol. The van der Waals surface area contributed by atoms with Gasteiger partial charge >= 0.3 is 0 Å². The van der Waals surface area contributed by atoms with Crippen molar-refractivity contribution in [2.75, 3.05) is 26.3 Å². The molecule has 3 rings (SSSR count). The maximum atomic E-state index is 12.8. The van der Waals surface area contributed by atoms with Crippen molar-refractivity contribution in [2.24, 2.45) is 5.92 Å². The summed E-state index contributed by atoms with van der Waals surface area (Å²) in [6.45, 7) is 5.16. The topological polar surface area (TPSA) is 53.5 Å². The highest BCUT2D eigenvalue weighted by Gasteiger charge is 2.36. The number of carbonyl (C=O) groups is 2. The van der Waals surface area contributed by atoms with Crippen LogP contribution in [0.3, 0.4) is 0 Å². The second-order valence-electron chi connectivity index (χ2n) is 6.44. The summed E-state index contributed by atoms with van der Waals surface area (Å²) in [4.78, 5) is 33.3. The van der Waals surface area contributed by atoms with Crippen LogP contribution in [0.5, 0.6) is 0 Å². The molecule has 1 unspecified atom stereocenters. The fourth-order valence-electron chi connectivity index (χ4n) is 3.52. The second kappa shape index (κ2) is 6.55. The number of rotatable bonds is 3. The van der Waals surface area contributed by atoms with E-state index in [4.69, 9.17) is 0 Å². The molecule has 7 heteroatoms. The quantitative estimate of drug-likeness (QED) is 0.848. The van der Waals surface area contributed by atoms with Crippen molar-refractivity contribution in [3.05, 3.63) is 15.6 Å². The maximum Gasteiger partial charge on any atom is 0.265 e. The first-order valence-electron chi connectivity index (χ1n) is 8.08. The van der Waals surface area contributed by atoms with Crippen LogP contribution in [0.1, 0.15) is 39.6 Å². The van der Waals surface area contributed by atoms with Crippen LogP contribution in [-0.2, 0) is 4.79 Å². The summed E-state index contributed by atoms with van der Waals surface area (Å²) in [6.07, 6.45) is 1.87. The fourth-order valence-corrected chi connectivity index (χ4v) is 4.41. The number of piperidine rings is 1. The molecule has 0 radical (unpaired) electrons. The molecular weight excluding hydrogens is 317 g/mol. The van der Waals surface area contributed by atoms with Crippen LogP contribution in [0.4, 0.5) is 4.39 Å². The Morgan fingerprint density at radius 1 is 1.35 bits per heavy atom. The summed E-state index contributed by atoms with van der Waals surface area (Å²) in [5.74, 6) is -0.0442. The average Bonchev–Trinajstić information content (AvgIpc) is 3.08. The Hall–Kier alpha value is -1.50. The van der Waals surface area contributed by atoms with E-state index >= 15 is 0 Å². The lowest BCUT2D eigenvalue weighted by molar-refractivity contribution is -0.130. The molecule has 2 aliphatic rings. The number of carbonyl (C=O) groups excluding carboxylic acids is 2. The van der Waals surface area contributed by atoms with Gasteiger partial charge in [-0.3, -0.25) is 14.0 Å². The monoisotopic (exact) mass is 339 g/mol. The molecule has 2 fully saturated rings. The van der Waals surface area contributed by atoms with Gasteiger partial charge in [0.15, 0.2) is 0 Å². The molecule has 0 N–H and O–H groups in total. The lowest BCUT2D eigenvalue weighted by Gasteiger charge is -2.36. The molecule has 0 aliphatic carbocycles. The SMILES string of the molecule is Cc1nc(C)c(C(=O)N2CCC(N3CC(CF)CC3=O)CC2)s1. The van der Waals surface area contributed by atoms with Gasteiger partial charge < -0.3 is 9.80 Å². The third-order valence-electron chi connectivity index (χ3n) is 4.75. The van der Waals surface area contributed by atoms with Crippen molar-refractivity contribution in [1.82, 2.24) is 14.8 Å². The molecule has 2 amide bonds. The van der Waals surface area contributed by atoms with Crippen LogP contribution in [0.2, 0.25) is 0 Å². The summed E-state index contributed by atoms with van der Waals surface area (Å²) >= 11 is 1.44. The molecule has 0 bridgehead atoms. The maximum absolute atomic E-state index is 12.8. The van der Waals surface area contributed by atoms with Crippen molar-refractivity contribution in [1.29, 1.82) is 0 Å². The van der Waals surface area contributed by atoms with Crippen LogP contribution in [-0.4, -0.2) is 58.9 Å². The number of aromatic nitrogens is 1. The minimum absolute atomic E-state index is 0.0425. The standard InChI is InChI=1S/C16H22FN3O2S/c1-10-15(23-11(2)18-10)16(22)19-5-3-13(4-6-19)20-9-12(8-17)7-14(20)21/h12-13H,3-9H2,1-2H3. The van der Waals surface area contributed by atoms with E-state index in [0.29, 0.717) is 26.1 Å². The first kappa shape index (κ1) is 16.4. The van der Waals surface area contributed by atoms with Gasteiger partial charge in [0.2, 0.25) is 5.91 Å². The van der Waals surface area contributed by atoms with Crippen LogP contribution in [0, 0.1) is 19.8 Å². The normalized spacial score (nSPS) is 22.9. The Balaban J connectivity index is 1.59. The van der Waals surface area contributed by atoms with Gasteiger partial charge in [0.1, 0.15) is 4.88 Å². The van der Waals surface area contributed by atoms with Gasteiger partial charge in [0.25, 0.3) is 5.91 Å². The van der Waals surface area contributed by atoms with Crippen LogP contribution in [0.15, 0.2) is 0 Å². The van der Waals surface area contributed by atoms with Crippen molar-refractivity contribution < 1.29 is 14.0 Å². The molecule has 23 heavy (non-hydrogen) atoms. The third kappa shape index (κ3) is 3.24. The lowest BCUT2D eigenvalue weighted by atomic mass is 10.0. The highest BCUT2D eigenvalue weighted by molar-refractivity contribution is 7.13. The Labute approximate surface area is 139 Å². The molecule has 2 saturated heterocycles. The number of thiazole rings is 1. The van der Waals surface area contributed by atoms with Gasteiger partial charge in [0.05, 0.1) is 17.4 Å². The van der Waals surface area contributed by atoms with Gasteiger partial charge in [-0.1, -0.05) is 0 Å². The van der Waals surface area contributed by atoms with Crippen molar-refractivity contribution >= 4 is 23.2 Å². The highest BCUT2D eigenvalue weighted by Crippen LogP contribution is 2.27. The number of halogens is 1. The van der Waals surface area contributed by atoms with Gasteiger partial charge in [-0.2, -0.15) is 0 Å². The number of aryl methyl sites for hydroxylation is 2. The van der Waals surface area contributed by atoms with E-state index in [2.05, 4.69) is 4.98 Å². The highest BCUT2D eigenvalue weighted by atomic mass is 32.1. The second-order valence-corrected chi connectivity index (χ2v) is 7.64. The molecule has 0 aromatic carbocycles. The molecule has 0 spiro atoms. The Morgan fingerprint density at radius 2 is 2.04 bits per heavy atom. The summed E-state index contributed by atoms with van der Waals surface area (Å²) < 4.78 is 12.8. The number of nitrogens with zero attached hydrogens (tertiary/aromatic N) is 3. The zero-order valence-electron chi connectivity index (χ0n) is 13.5. The first-order chi connectivity index (χ1) is 11.0. The molecule has 2 aliphatic heterocycles. The van der Waals surface area contributed by atoms with Crippen LogP contribution in [0.25, 0.3) is 0 Å². The molecule has 1 aromatic heterocycles. The zero-order valence-corrected chi connectivity index (χ0v) is 14.4. The molecule has 1 aromatic rings. The molecule has 0 saturated carbocycles. The number of hydrogen-bond donors (Lipinski definition) is 0. The number of likely N-dealkylation sites (tertiary alicyclic amines) is 2. The summed E-state index contributed by atoms with van der Waals surface area (Å²) in [5, 5.41) is 0.903. The summed E-state index contributed by atoms with van der Waals surface area (Å²) in [5.41, 5.74) is 0.792. The van der Waals surface area contributed by atoms with Gasteiger partial charge in [-0.25, -0.2) is 4.98 Å². The number of alkyl halides is 1. The van der Waals surface area contributed by atoms with Gasteiger partial charge in [-0.05, 0) is 26.7 Å². The van der Waals surface area contributed by atoms with Crippen molar-refractivity contribution in [3.8, 4) is 0 Å². The lowest BCUT2D eigenvalue weighted by Crippen LogP contribution is -2.47. The van der Waals surface area contributed by atoms with E-state index in [0.717, 1.165) is 28.4 Å². The number of hydrogen-bond acceptors (Lipinski definition) is 4. The van der Waals surface area contributed by atoms with E-state index in [1.165, 1.54) is 11.3 Å². The Bertz CT molecular complexity index is 610. The van der Waals surface area contributed by atoms with Gasteiger partial charge in [-0.15, -0.1) is 11.3 Å². The molecule has 1 atom stereocenters. The zero-order chi connectivity index (χ0) is 16.6. The van der Waals surface area contributed by atoms with E-state index in [1.54, 1.807) is 0 Å². The molecule has 3 heterocycles. The predicted octanol–water partition coefficient (Wildman–Crippen LogP) is 2.18. The minimum Gasteiger partial charge on any atom is -0.339 e. The van der Waals surface area contributed by atoms with E-state index in [1.807, 2.05) is 23.6 Å². The Morgan fingerprint density at radius 3 is 2.57 bits per heavy atom. The summed E-state index contributed by atoms with van der Waals surface area (Å²) in [6, 6.07) is 0.146. The fraction of sp³-hybridized carbons (Fsp3) is 0.688. The summed E-state index contributed by atoms with van der Waals surface area (Å²) in [7, 11) is 0. The van der Waals surface area contributed by atoms with Crippen molar-refractivity contribution in [3.63, 3.8) is 0 Å². The van der Waals surface area contributed by atoms with E-state index in [-0.39, 0.29) is 23.8 Å². The first-order valence-corrected chi connectivity index (χ1v) is 8.90. The molecular formula is C16H22FN3O2S. The largest absolute Gasteiger partial charge is 0.339 e. The van der Waals surface area contributed by atoms with Gasteiger partial charge in [0, 0.05) is 38.0 Å². The Kier molecular flexibility index (Phi) is 4.66. The average molecular weight is 339 g/mol. The van der Waals surface area contributed by atoms with Crippen molar-refractivity contribution in [2.45, 2.75) is 39.2 Å². The van der Waals surface area contributed by atoms with E-state index < -0.39 is 6.67 Å². The van der Waals surface area contributed by atoms with E-state index in [9.17, 15) is 14.0 Å². The van der Waals surface area contributed by atoms with Crippen LogP contribution < -0.4 is 0 Å².